The van der Waals surface area contributed by atoms with E-state index in [1.54, 1.807) is 37.1 Å². The molecule has 0 aliphatic carbocycles. The third-order valence-corrected chi connectivity index (χ3v) is 6.18. The third kappa shape index (κ3) is 3.44. The molecule has 0 radical (unpaired) electrons. The molecule has 0 spiro atoms. The zero-order valence-corrected chi connectivity index (χ0v) is 17.7. The Morgan fingerprint density at radius 1 is 1.03 bits per heavy atom. The summed E-state index contributed by atoms with van der Waals surface area (Å²) in [5.41, 5.74) is 4.50. The average Bonchev–Trinajstić information content (AvgIpc) is 3.12. The van der Waals surface area contributed by atoms with Crippen molar-refractivity contribution in [1.29, 1.82) is 0 Å². The van der Waals surface area contributed by atoms with Gasteiger partial charge in [0.2, 0.25) is 0 Å². The fourth-order valence-corrected chi connectivity index (χ4v) is 4.39. The molecule has 1 atom stereocenters. The highest BCUT2D eigenvalue weighted by molar-refractivity contribution is 7.84. The summed E-state index contributed by atoms with van der Waals surface area (Å²) in [6.07, 6.45) is 9.93. The van der Waals surface area contributed by atoms with E-state index in [9.17, 15) is 4.21 Å². The second kappa shape index (κ2) is 7.55. The van der Waals surface area contributed by atoms with Crippen LogP contribution < -0.4 is 5.32 Å². The molecule has 0 fully saturated rings. The Bertz CT molecular complexity index is 1480. The van der Waals surface area contributed by atoms with Gasteiger partial charge in [-0.1, -0.05) is 0 Å². The van der Waals surface area contributed by atoms with Gasteiger partial charge in [-0.3, -0.25) is 19.2 Å². The van der Waals surface area contributed by atoms with Crippen molar-refractivity contribution in [2.24, 2.45) is 7.05 Å². The van der Waals surface area contributed by atoms with Crippen LogP contribution in [0.3, 0.4) is 0 Å². The first-order chi connectivity index (χ1) is 15.0. The first-order valence-electron chi connectivity index (χ1n) is 9.55. The van der Waals surface area contributed by atoms with Crippen LogP contribution in [0.15, 0.2) is 72.3 Å². The minimum Gasteiger partial charge on any atom is -0.353 e. The number of nitrogens with one attached hydrogen (secondary N) is 1. The second-order valence-electron chi connectivity index (χ2n) is 7.22. The van der Waals surface area contributed by atoms with Gasteiger partial charge in [-0.2, -0.15) is 0 Å². The standard InChI is InChI=1S/C23H18FN5OS/c1-29-8-4-14-9-18(24)16(12-21(14)29)17-10-15(11-19-23(17)27-7-6-26-19)28-20-13-25-5-3-22(20)31(2)30/h3-13,28H,1-2H3. The molecule has 0 saturated heterocycles. The third-order valence-electron chi connectivity index (χ3n) is 5.21. The molecule has 154 valence electrons. The number of rotatable bonds is 4. The van der Waals surface area contributed by atoms with Crippen molar-refractivity contribution in [2.75, 3.05) is 11.6 Å². The van der Waals surface area contributed by atoms with Crippen molar-refractivity contribution in [2.45, 2.75) is 4.90 Å². The van der Waals surface area contributed by atoms with E-state index in [2.05, 4.69) is 20.3 Å². The van der Waals surface area contributed by atoms with Crippen molar-refractivity contribution in [3.8, 4) is 11.1 Å². The van der Waals surface area contributed by atoms with Crippen LogP contribution in [-0.2, 0) is 17.8 Å². The number of hydrogen-bond donors (Lipinski definition) is 1. The second-order valence-corrected chi connectivity index (χ2v) is 8.56. The van der Waals surface area contributed by atoms with Crippen molar-refractivity contribution in [3.05, 3.63) is 73.2 Å². The van der Waals surface area contributed by atoms with Gasteiger partial charge in [0.05, 0.1) is 38.6 Å². The number of nitrogens with zero attached hydrogens (tertiary/aromatic N) is 4. The molecular weight excluding hydrogens is 413 g/mol. The maximum absolute atomic E-state index is 15.1. The summed E-state index contributed by atoms with van der Waals surface area (Å²) in [7, 11) is 0.732. The van der Waals surface area contributed by atoms with Gasteiger partial charge in [-0.25, -0.2) is 4.39 Å². The van der Waals surface area contributed by atoms with Gasteiger partial charge in [-0.15, -0.1) is 0 Å². The minimum absolute atomic E-state index is 0.334. The van der Waals surface area contributed by atoms with Gasteiger partial charge in [0.15, 0.2) is 0 Å². The average molecular weight is 431 g/mol. The van der Waals surface area contributed by atoms with E-state index >= 15 is 4.39 Å². The van der Waals surface area contributed by atoms with E-state index in [1.165, 1.54) is 6.07 Å². The molecule has 0 aliphatic rings. The number of aromatic nitrogens is 4. The molecule has 1 N–H and O–H groups in total. The maximum atomic E-state index is 15.1. The van der Waals surface area contributed by atoms with Crippen LogP contribution in [0.25, 0.3) is 33.1 Å². The van der Waals surface area contributed by atoms with E-state index in [4.69, 9.17) is 0 Å². The summed E-state index contributed by atoms with van der Waals surface area (Å²) in [4.78, 5) is 13.6. The summed E-state index contributed by atoms with van der Waals surface area (Å²) in [6, 6.07) is 10.6. The number of fused-ring (bicyclic) bond motifs is 2. The number of benzene rings is 2. The fraction of sp³-hybridized carbons (Fsp3) is 0.0870. The van der Waals surface area contributed by atoms with Crippen LogP contribution in [0.5, 0.6) is 0 Å². The Hall–Kier alpha value is -3.65. The van der Waals surface area contributed by atoms with E-state index in [0.29, 0.717) is 38.4 Å². The molecule has 2 aromatic carbocycles. The Morgan fingerprint density at radius 3 is 2.71 bits per heavy atom. The van der Waals surface area contributed by atoms with E-state index in [0.717, 1.165) is 10.9 Å². The van der Waals surface area contributed by atoms with Crippen LogP contribution in [0.1, 0.15) is 0 Å². The van der Waals surface area contributed by atoms with E-state index < -0.39 is 10.8 Å². The fourth-order valence-electron chi connectivity index (χ4n) is 3.73. The van der Waals surface area contributed by atoms with Crippen molar-refractivity contribution in [3.63, 3.8) is 0 Å². The first kappa shape index (κ1) is 19.3. The molecule has 1 unspecified atom stereocenters. The van der Waals surface area contributed by atoms with E-state index in [1.807, 2.05) is 42.1 Å². The lowest BCUT2D eigenvalue weighted by molar-refractivity contribution is 0.633. The topological polar surface area (TPSA) is 72.7 Å². The van der Waals surface area contributed by atoms with Crippen molar-refractivity contribution in [1.82, 2.24) is 19.5 Å². The van der Waals surface area contributed by atoms with E-state index in [-0.39, 0.29) is 5.82 Å². The smallest absolute Gasteiger partial charge is 0.131 e. The first-order valence-corrected chi connectivity index (χ1v) is 11.1. The molecular formula is C23H18FN5OS. The number of pyridine rings is 1. The van der Waals surface area contributed by atoms with Gasteiger partial charge in [0, 0.05) is 65.8 Å². The molecule has 5 rings (SSSR count). The molecule has 0 saturated carbocycles. The lowest BCUT2D eigenvalue weighted by Crippen LogP contribution is -2.00. The zero-order valence-electron chi connectivity index (χ0n) is 16.8. The van der Waals surface area contributed by atoms with Gasteiger partial charge in [0.1, 0.15) is 5.82 Å². The number of aryl methyl sites for hydroxylation is 1. The summed E-state index contributed by atoms with van der Waals surface area (Å²) in [6.45, 7) is 0. The Balaban J connectivity index is 1.72. The highest BCUT2D eigenvalue weighted by Crippen LogP contribution is 2.35. The van der Waals surface area contributed by atoms with Gasteiger partial charge in [0.25, 0.3) is 0 Å². The van der Waals surface area contributed by atoms with Crippen molar-refractivity contribution < 1.29 is 8.60 Å². The Kier molecular flexibility index (Phi) is 4.71. The SMILES string of the molecule is Cn1ccc2cc(F)c(-c3cc(Nc4cnccc4S(C)=O)cc4nccnc34)cc21. The number of anilines is 2. The minimum atomic E-state index is -1.19. The molecule has 3 heterocycles. The van der Waals surface area contributed by atoms with Gasteiger partial charge in [-0.05, 0) is 36.4 Å². The lowest BCUT2D eigenvalue weighted by atomic mass is 10.0. The summed E-state index contributed by atoms with van der Waals surface area (Å²) in [5.74, 6) is -0.334. The van der Waals surface area contributed by atoms with Crippen LogP contribution >= 0.6 is 0 Å². The summed E-state index contributed by atoms with van der Waals surface area (Å²) >= 11 is 0. The summed E-state index contributed by atoms with van der Waals surface area (Å²) in [5, 5.41) is 4.10. The lowest BCUT2D eigenvalue weighted by Gasteiger charge is -2.14. The Morgan fingerprint density at radius 2 is 1.87 bits per heavy atom. The zero-order chi connectivity index (χ0) is 21.5. The normalized spacial score (nSPS) is 12.4. The molecule has 31 heavy (non-hydrogen) atoms. The van der Waals surface area contributed by atoms with Crippen LogP contribution in [0.4, 0.5) is 15.8 Å². The predicted molar refractivity (Wildman–Crippen MR) is 121 cm³/mol. The molecule has 3 aromatic heterocycles. The molecule has 0 bridgehead atoms. The van der Waals surface area contributed by atoms with Crippen LogP contribution in [0, 0.1) is 5.82 Å². The van der Waals surface area contributed by atoms with Gasteiger partial charge < -0.3 is 9.88 Å². The molecule has 6 nitrogen and oxygen atoms in total. The number of halogens is 1. The largest absolute Gasteiger partial charge is 0.353 e. The Labute approximate surface area is 180 Å². The van der Waals surface area contributed by atoms with Crippen LogP contribution in [-0.4, -0.2) is 30.0 Å². The highest BCUT2D eigenvalue weighted by Gasteiger charge is 2.16. The molecule has 5 aromatic rings. The highest BCUT2D eigenvalue weighted by atomic mass is 32.2. The quantitative estimate of drug-likeness (QED) is 0.442. The maximum Gasteiger partial charge on any atom is 0.131 e. The molecule has 0 amide bonds. The molecule has 0 aliphatic heterocycles. The van der Waals surface area contributed by atoms with Gasteiger partial charge >= 0.3 is 0 Å². The number of hydrogen-bond acceptors (Lipinski definition) is 5. The van der Waals surface area contributed by atoms with Crippen LogP contribution in [0.2, 0.25) is 0 Å². The monoisotopic (exact) mass is 431 g/mol. The summed E-state index contributed by atoms with van der Waals surface area (Å²) < 4.78 is 29.2. The van der Waals surface area contributed by atoms with Crippen molar-refractivity contribution >= 4 is 44.1 Å². The predicted octanol–water partition coefficient (Wildman–Crippen LogP) is 4.80. The molecule has 8 heteroatoms.